The Labute approximate surface area is 130 Å². The van der Waals surface area contributed by atoms with E-state index < -0.39 is 11.7 Å². The van der Waals surface area contributed by atoms with Gasteiger partial charge < -0.3 is 5.73 Å². The van der Waals surface area contributed by atoms with Gasteiger partial charge in [-0.2, -0.15) is 13.2 Å². The van der Waals surface area contributed by atoms with E-state index in [9.17, 15) is 13.2 Å². The Morgan fingerprint density at radius 1 is 1.18 bits per heavy atom. The fourth-order valence-electron chi connectivity index (χ4n) is 2.38. The van der Waals surface area contributed by atoms with Gasteiger partial charge in [-0.25, -0.2) is 4.98 Å². The van der Waals surface area contributed by atoms with Crippen molar-refractivity contribution in [2.75, 3.05) is 5.73 Å². The first kappa shape index (κ1) is 15.3. The summed E-state index contributed by atoms with van der Waals surface area (Å²) in [5, 5.41) is 0.542. The SMILES string of the molecule is Nc1ncc(CN(Cc2ccc(C(F)(F)F)cc2)C2CC2)s1. The Kier molecular flexibility index (Phi) is 4.10. The van der Waals surface area contributed by atoms with Crippen LogP contribution < -0.4 is 5.73 Å². The molecule has 0 atom stereocenters. The molecule has 0 bridgehead atoms. The lowest BCUT2D eigenvalue weighted by Crippen LogP contribution is -2.24. The van der Waals surface area contributed by atoms with Crippen LogP contribution in [0, 0.1) is 0 Å². The number of benzene rings is 1. The molecule has 0 saturated heterocycles. The molecule has 0 spiro atoms. The summed E-state index contributed by atoms with van der Waals surface area (Å²) in [4.78, 5) is 7.39. The Bertz CT molecular complexity index is 632. The number of alkyl halides is 3. The number of hydrogen-bond acceptors (Lipinski definition) is 4. The summed E-state index contributed by atoms with van der Waals surface area (Å²) in [6.45, 7) is 1.38. The molecule has 0 unspecified atom stereocenters. The second-order valence-electron chi connectivity index (χ2n) is 5.50. The van der Waals surface area contributed by atoms with Gasteiger partial charge in [0.1, 0.15) is 0 Å². The van der Waals surface area contributed by atoms with Crippen molar-refractivity contribution in [3.05, 3.63) is 46.5 Å². The molecule has 2 N–H and O–H groups in total. The topological polar surface area (TPSA) is 42.1 Å². The summed E-state index contributed by atoms with van der Waals surface area (Å²) < 4.78 is 37.7. The van der Waals surface area contributed by atoms with E-state index in [1.807, 2.05) is 0 Å². The molecular weight excluding hydrogens is 311 g/mol. The predicted octanol–water partition coefficient (Wildman–Crippen LogP) is 3.91. The molecule has 0 radical (unpaired) electrons. The first-order chi connectivity index (χ1) is 10.4. The highest BCUT2D eigenvalue weighted by Crippen LogP contribution is 2.32. The molecule has 1 aromatic heterocycles. The Morgan fingerprint density at radius 2 is 1.86 bits per heavy atom. The van der Waals surface area contributed by atoms with E-state index in [-0.39, 0.29) is 0 Å². The second-order valence-corrected chi connectivity index (χ2v) is 6.64. The highest BCUT2D eigenvalue weighted by Gasteiger charge is 2.31. The highest BCUT2D eigenvalue weighted by molar-refractivity contribution is 7.15. The standard InChI is InChI=1S/C15H16F3N3S/c16-15(17,18)11-3-1-10(2-4-11)8-21(12-5-6-12)9-13-7-20-14(19)22-13/h1-4,7,12H,5-6,8-9H2,(H2,19,20). The van der Waals surface area contributed by atoms with Crippen LogP contribution in [0.3, 0.4) is 0 Å². The molecule has 1 heterocycles. The maximum absolute atomic E-state index is 12.6. The zero-order valence-electron chi connectivity index (χ0n) is 11.8. The third-order valence-corrected chi connectivity index (χ3v) is 4.47. The summed E-state index contributed by atoms with van der Waals surface area (Å²) in [6.07, 6.45) is -0.249. The molecular formula is C15H16F3N3S. The Hall–Kier alpha value is -1.60. The number of nitrogens with two attached hydrogens (primary N) is 1. The van der Waals surface area contributed by atoms with E-state index in [2.05, 4.69) is 9.88 Å². The molecule has 118 valence electrons. The first-order valence-electron chi connectivity index (χ1n) is 7.02. The lowest BCUT2D eigenvalue weighted by Gasteiger charge is -2.21. The summed E-state index contributed by atoms with van der Waals surface area (Å²) in [5.74, 6) is 0. The van der Waals surface area contributed by atoms with Crippen molar-refractivity contribution in [1.82, 2.24) is 9.88 Å². The second kappa shape index (κ2) is 5.89. The van der Waals surface area contributed by atoms with E-state index in [0.717, 1.165) is 42.0 Å². The van der Waals surface area contributed by atoms with Gasteiger partial charge in [-0.1, -0.05) is 12.1 Å². The van der Waals surface area contributed by atoms with E-state index in [1.165, 1.54) is 11.3 Å². The molecule has 3 rings (SSSR count). The van der Waals surface area contributed by atoms with Crippen LogP contribution in [0.25, 0.3) is 0 Å². The lowest BCUT2D eigenvalue weighted by molar-refractivity contribution is -0.137. The minimum atomic E-state index is -4.28. The van der Waals surface area contributed by atoms with Gasteiger partial charge >= 0.3 is 6.18 Å². The van der Waals surface area contributed by atoms with Crippen molar-refractivity contribution >= 4 is 16.5 Å². The minimum absolute atomic E-state index is 0.505. The van der Waals surface area contributed by atoms with Gasteiger partial charge in [-0.15, -0.1) is 11.3 Å². The number of anilines is 1. The maximum Gasteiger partial charge on any atom is 0.416 e. The smallest absolute Gasteiger partial charge is 0.375 e. The summed E-state index contributed by atoms with van der Waals surface area (Å²) in [5.41, 5.74) is 5.92. The average Bonchev–Trinajstić information content (AvgIpc) is 3.22. The Balaban J connectivity index is 1.68. The molecule has 1 aromatic carbocycles. The largest absolute Gasteiger partial charge is 0.416 e. The van der Waals surface area contributed by atoms with Crippen LogP contribution in [0.4, 0.5) is 18.3 Å². The number of aromatic nitrogens is 1. The zero-order valence-corrected chi connectivity index (χ0v) is 12.6. The van der Waals surface area contributed by atoms with Crippen LogP contribution in [0.15, 0.2) is 30.5 Å². The van der Waals surface area contributed by atoms with Crippen LogP contribution in [-0.2, 0) is 19.3 Å². The monoisotopic (exact) mass is 327 g/mol. The molecule has 1 aliphatic carbocycles. The van der Waals surface area contributed by atoms with Crippen molar-refractivity contribution in [2.45, 2.75) is 38.1 Å². The van der Waals surface area contributed by atoms with Gasteiger partial charge in [0.25, 0.3) is 0 Å². The van der Waals surface area contributed by atoms with Gasteiger partial charge in [-0.05, 0) is 30.5 Å². The molecule has 1 fully saturated rings. The molecule has 0 amide bonds. The normalized spacial score (nSPS) is 15.5. The van der Waals surface area contributed by atoms with E-state index in [4.69, 9.17) is 5.73 Å². The number of halogens is 3. The zero-order chi connectivity index (χ0) is 15.7. The summed E-state index contributed by atoms with van der Waals surface area (Å²) in [6, 6.07) is 5.90. The van der Waals surface area contributed by atoms with Crippen LogP contribution in [0.2, 0.25) is 0 Å². The highest BCUT2D eigenvalue weighted by atomic mass is 32.1. The third kappa shape index (κ3) is 3.78. The van der Waals surface area contributed by atoms with Crippen LogP contribution in [0.1, 0.15) is 28.8 Å². The van der Waals surface area contributed by atoms with Crippen LogP contribution in [-0.4, -0.2) is 15.9 Å². The molecule has 22 heavy (non-hydrogen) atoms. The number of nitrogen functional groups attached to an aromatic ring is 1. The van der Waals surface area contributed by atoms with Crippen molar-refractivity contribution in [1.29, 1.82) is 0 Å². The van der Waals surface area contributed by atoms with Gasteiger partial charge in [0.05, 0.1) is 5.56 Å². The molecule has 7 heteroatoms. The van der Waals surface area contributed by atoms with Gasteiger partial charge in [0, 0.05) is 30.2 Å². The maximum atomic E-state index is 12.6. The van der Waals surface area contributed by atoms with Crippen LogP contribution in [0.5, 0.6) is 0 Å². The Morgan fingerprint density at radius 3 is 2.36 bits per heavy atom. The summed E-state index contributed by atoms with van der Waals surface area (Å²) >= 11 is 1.45. The van der Waals surface area contributed by atoms with Crippen LogP contribution >= 0.6 is 11.3 Å². The summed E-state index contributed by atoms with van der Waals surface area (Å²) in [7, 11) is 0. The van der Waals surface area contributed by atoms with Crippen molar-refractivity contribution in [3.8, 4) is 0 Å². The van der Waals surface area contributed by atoms with Crippen molar-refractivity contribution < 1.29 is 13.2 Å². The molecule has 1 saturated carbocycles. The van der Waals surface area contributed by atoms with E-state index in [1.54, 1.807) is 18.3 Å². The fourth-order valence-corrected chi connectivity index (χ4v) is 3.09. The molecule has 3 nitrogen and oxygen atoms in total. The van der Waals surface area contributed by atoms with Crippen molar-refractivity contribution in [2.24, 2.45) is 0 Å². The average molecular weight is 327 g/mol. The van der Waals surface area contributed by atoms with Gasteiger partial charge in [0.2, 0.25) is 0 Å². The minimum Gasteiger partial charge on any atom is -0.375 e. The van der Waals surface area contributed by atoms with Gasteiger partial charge in [0.15, 0.2) is 5.13 Å². The van der Waals surface area contributed by atoms with E-state index >= 15 is 0 Å². The van der Waals surface area contributed by atoms with Crippen molar-refractivity contribution in [3.63, 3.8) is 0 Å². The number of rotatable bonds is 5. The molecule has 2 aromatic rings. The quantitative estimate of drug-likeness (QED) is 0.905. The number of thiazole rings is 1. The first-order valence-corrected chi connectivity index (χ1v) is 7.84. The molecule has 0 aliphatic heterocycles. The van der Waals surface area contributed by atoms with Gasteiger partial charge in [-0.3, -0.25) is 4.90 Å². The van der Waals surface area contributed by atoms with E-state index in [0.29, 0.717) is 17.7 Å². The fraction of sp³-hybridized carbons (Fsp3) is 0.400. The molecule has 1 aliphatic rings. The lowest BCUT2D eigenvalue weighted by atomic mass is 10.1. The third-order valence-electron chi connectivity index (χ3n) is 3.66. The predicted molar refractivity (Wildman–Crippen MR) is 80.2 cm³/mol. The number of nitrogens with zero attached hydrogens (tertiary/aromatic N) is 2. The number of hydrogen-bond donors (Lipinski definition) is 1.